The zero-order valence-electron chi connectivity index (χ0n) is 18.4. The minimum absolute atomic E-state index is 0.00738. The molecule has 1 aliphatic carbocycles. The summed E-state index contributed by atoms with van der Waals surface area (Å²) < 4.78 is 60.4. The van der Waals surface area contributed by atoms with Crippen molar-refractivity contribution >= 4 is 15.9 Å². The van der Waals surface area contributed by atoms with Gasteiger partial charge in [-0.15, -0.1) is 0 Å². The molecule has 1 aliphatic heterocycles. The number of rotatable bonds is 7. The summed E-state index contributed by atoms with van der Waals surface area (Å²) in [5, 5.41) is 0. The fourth-order valence-corrected chi connectivity index (χ4v) is 5.95. The van der Waals surface area contributed by atoms with Crippen molar-refractivity contribution in [3.63, 3.8) is 0 Å². The van der Waals surface area contributed by atoms with Crippen molar-refractivity contribution < 1.29 is 26.7 Å². The molecule has 0 spiro atoms. The van der Waals surface area contributed by atoms with Crippen LogP contribution in [0.3, 0.4) is 0 Å². The Labute approximate surface area is 193 Å². The van der Waals surface area contributed by atoms with Crippen LogP contribution in [0.15, 0.2) is 47.4 Å². The number of amides is 1. The zero-order valence-corrected chi connectivity index (χ0v) is 19.2. The number of hydrogen-bond acceptors (Lipinski definition) is 4. The van der Waals surface area contributed by atoms with Crippen molar-refractivity contribution in [2.45, 2.75) is 49.5 Å². The summed E-state index contributed by atoms with van der Waals surface area (Å²) in [6.45, 7) is 0.344. The lowest BCUT2D eigenvalue weighted by molar-refractivity contribution is -0.132. The highest BCUT2D eigenvalue weighted by molar-refractivity contribution is 7.89. The smallest absolute Gasteiger partial charge is 0.249 e. The average molecular weight is 479 g/mol. The molecule has 2 aromatic rings. The molecule has 0 N–H and O–H groups in total. The molecule has 0 atom stereocenters. The molecule has 1 saturated carbocycles. The molecule has 9 heteroatoms. The molecule has 178 valence electrons. The summed E-state index contributed by atoms with van der Waals surface area (Å²) in [6, 6.07) is 10.8. The van der Waals surface area contributed by atoms with Crippen LogP contribution in [-0.4, -0.2) is 55.8 Å². The van der Waals surface area contributed by atoms with Gasteiger partial charge in [-0.05, 0) is 61.9 Å². The molecule has 2 aromatic carbocycles. The van der Waals surface area contributed by atoms with E-state index in [0.29, 0.717) is 12.8 Å². The summed E-state index contributed by atoms with van der Waals surface area (Å²) in [7, 11) is -4.31. The molecule has 33 heavy (non-hydrogen) atoms. The second kappa shape index (κ2) is 10.2. The largest absolute Gasteiger partial charge is 0.490 e. The summed E-state index contributed by atoms with van der Waals surface area (Å²) in [5.41, 5.74) is 1.01. The van der Waals surface area contributed by atoms with E-state index < -0.39 is 26.6 Å². The van der Waals surface area contributed by atoms with E-state index in [9.17, 15) is 22.0 Å². The first kappa shape index (κ1) is 23.6. The fraction of sp³-hybridized carbons (Fsp3) is 0.458. The third-order valence-electron chi connectivity index (χ3n) is 6.24. The lowest BCUT2D eigenvalue weighted by Gasteiger charge is -2.34. The van der Waals surface area contributed by atoms with Gasteiger partial charge in [0, 0.05) is 32.6 Å². The molecule has 1 heterocycles. The van der Waals surface area contributed by atoms with Gasteiger partial charge in [0.1, 0.15) is 17.4 Å². The van der Waals surface area contributed by atoms with E-state index >= 15 is 0 Å². The van der Waals surface area contributed by atoms with Crippen molar-refractivity contribution in [2.24, 2.45) is 0 Å². The van der Waals surface area contributed by atoms with Gasteiger partial charge in [-0.3, -0.25) is 4.79 Å². The number of carbonyl (C=O) groups excluding carboxylic acids is 1. The van der Waals surface area contributed by atoms with Gasteiger partial charge in [0.05, 0.1) is 6.10 Å². The maximum atomic E-state index is 14.0. The van der Waals surface area contributed by atoms with Crippen LogP contribution < -0.4 is 4.74 Å². The molecule has 0 aromatic heterocycles. The summed E-state index contributed by atoms with van der Waals surface area (Å²) in [6.07, 6.45) is 5.67. The first-order valence-corrected chi connectivity index (χ1v) is 12.8. The van der Waals surface area contributed by atoms with Crippen molar-refractivity contribution in [1.29, 1.82) is 0 Å². The third kappa shape index (κ3) is 5.52. The molecule has 6 nitrogen and oxygen atoms in total. The van der Waals surface area contributed by atoms with E-state index in [1.807, 2.05) is 24.3 Å². The maximum absolute atomic E-state index is 14.0. The van der Waals surface area contributed by atoms with Gasteiger partial charge in [0.2, 0.25) is 15.9 Å². The van der Waals surface area contributed by atoms with Crippen molar-refractivity contribution in [2.75, 3.05) is 26.2 Å². The highest BCUT2D eigenvalue weighted by Gasteiger charge is 2.34. The van der Waals surface area contributed by atoms with Gasteiger partial charge < -0.3 is 9.64 Å². The van der Waals surface area contributed by atoms with Crippen LogP contribution in [0.4, 0.5) is 8.78 Å². The number of sulfonamides is 1. The second-order valence-corrected chi connectivity index (χ2v) is 10.4. The minimum Gasteiger partial charge on any atom is -0.490 e. The third-order valence-corrected chi connectivity index (χ3v) is 8.19. The first-order valence-electron chi connectivity index (χ1n) is 11.3. The number of nitrogens with zero attached hydrogens (tertiary/aromatic N) is 2. The van der Waals surface area contributed by atoms with Crippen LogP contribution in [0, 0.1) is 11.6 Å². The van der Waals surface area contributed by atoms with Crippen LogP contribution in [-0.2, 0) is 21.2 Å². The standard InChI is InChI=1S/C24H28F2N2O4S/c25-21-9-4-10-22(26)24(21)33(30,31)28-15-13-27(14-16-28)23(29)12-11-18-5-3-8-20(17-18)32-19-6-1-2-7-19/h3-5,8-10,17,19H,1-2,6-7,11-16H2. The second-order valence-electron chi connectivity index (χ2n) is 8.51. The molecule has 2 aliphatic rings. The van der Waals surface area contributed by atoms with Gasteiger partial charge in [0.25, 0.3) is 0 Å². The summed E-state index contributed by atoms with van der Waals surface area (Å²) in [5.74, 6) is -1.49. The molecule has 4 rings (SSSR count). The van der Waals surface area contributed by atoms with Crippen molar-refractivity contribution in [3.05, 3.63) is 59.7 Å². The number of aryl methyl sites for hydroxylation is 1. The molecule has 0 radical (unpaired) electrons. The number of ether oxygens (including phenoxy) is 1. The van der Waals surface area contributed by atoms with E-state index in [4.69, 9.17) is 4.74 Å². The Bertz CT molecular complexity index is 1080. The van der Waals surface area contributed by atoms with Crippen LogP contribution in [0.25, 0.3) is 0 Å². The number of halogens is 2. The van der Waals surface area contributed by atoms with Crippen molar-refractivity contribution in [1.82, 2.24) is 9.21 Å². The number of piperazine rings is 1. The normalized spacial score (nSPS) is 17.9. The van der Waals surface area contributed by atoms with E-state index in [2.05, 4.69) is 0 Å². The fourth-order valence-electron chi connectivity index (χ4n) is 4.42. The first-order chi connectivity index (χ1) is 15.8. The molecule has 1 amide bonds. The molecule has 1 saturated heterocycles. The van der Waals surface area contributed by atoms with E-state index in [0.717, 1.165) is 46.7 Å². The Hall–Kier alpha value is -2.52. The molecular formula is C24H28F2N2O4S. The topological polar surface area (TPSA) is 66.9 Å². The number of carbonyl (C=O) groups is 1. The van der Waals surface area contributed by atoms with Gasteiger partial charge in [-0.1, -0.05) is 18.2 Å². The van der Waals surface area contributed by atoms with E-state index in [1.54, 1.807) is 4.90 Å². The lowest BCUT2D eigenvalue weighted by atomic mass is 10.1. The van der Waals surface area contributed by atoms with Gasteiger partial charge in [-0.2, -0.15) is 4.31 Å². The Balaban J connectivity index is 1.30. The quantitative estimate of drug-likeness (QED) is 0.608. The van der Waals surface area contributed by atoms with Crippen LogP contribution in [0.1, 0.15) is 37.7 Å². The van der Waals surface area contributed by atoms with E-state index in [-0.39, 0.29) is 38.2 Å². The number of benzene rings is 2. The molecule has 2 fully saturated rings. The average Bonchev–Trinajstić information content (AvgIpc) is 3.30. The Morgan fingerprint density at radius 1 is 0.970 bits per heavy atom. The lowest BCUT2D eigenvalue weighted by Crippen LogP contribution is -2.50. The minimum atomic E-state index is -4.31. The molecule has 0 bridgehead atoms. The molecule has 0 unspecified atom stereocenters. The van der Waals surface area contributed by atoms with Gasteiger partial charge in [-0.25, -0.2) is 17.2 Å². The highest BCUT2D eigenvalue weighted by Crippen LogP contribution is 2.26. The van der Waals surface area contributed by atoms with Gasteiger partial charge >= 0.3 is 0 Å². The number of hydrogen-bond donors (Lipinski definition) is 0. The van der Waals surface area contributed by atoms with Gasteiger partial charge in [0.15, 0.2) is 4.90 Å². The Morgan fingerprint density at radius 2 is 1.61 bits per heavy atom. The monoisotopic (exact) mass is 478 g/mol. The summed E-state index contributed by atoms with van der Waals surface area (Å²) >= 11 is 0. The van der Waals surface area contributed by atoms with Crippen LogP contribution >= 0.6 is 0 Å². The van der Waals surface area contributed by atoms with Crippen LogP contribution in [0.2, 0.25) is 0 Å². The predicted molar refractivity (Wildman–Crippen MR) is 119 cm³/mol. The zero-order chi connectivity index (χ0) is 23.4. The van der Waals surface area contributed by atoms with E-state index in [1.165, 1.54) is 12.8 Å². The van der Waals surface area contributed by atoms with Crippen molar-refractivity contribution in [3.8, 4) is 5.75 Å². The highest BCUT2D eigenvalue weighted by atomic mass is 32.2. The molecular weight excluding hydrogens is 450 g/mol. The predicted octanol–water partition coefficient (Wildman–Crippen LogP) is 3.75. The maximum Gasteiger partial charge on any atom is 0.249 e. The SMILES string of the molecule is O=C(CCc1cccc(OC2CCCC2)c1)N1CCN(S(=O)(=O)c2c(F)cccc2F)CC1. The summed E-state index contributed by atoms with van der Waals surface area (Å²) in [4.78, 5) is 13.3. The Kier molecular flexibility index (Phi) is 7.29. The Morgan fingerprint density at radius 3 is 2.27 bits per heavy atom. The van der Waals surface area contributed by atoms with Crippen LogP contribution in [0.5, 0.6) is 5.75 Å².